The number of benzene rings is 1. The summed E-state index contributed by atoms with van der Waals surface area (Å²) in [6.45, 7) is 1.11. The van der Waals surface area contributed by atoms with E-state index in [1.807, 2.05) is 0 Å². The lowest BCUT2D eigenvalue weighted by Gasteiger charge is -2.18. The molecule has 0 spiro atoms. The topological polar surface area (TPSA) is 107 Å². The first-order chi connectivity index (χ1) is 12.3. The standard InChI is InChI=1S/C17H12FNO7/c1-8(20)25-14-7-10-6-13(21)11(4-9(10)5-12(14)18)17(24)26-19-15(22)2-3-16(19)23/h4-5,7H,2-3,6H2,1H3. The van der Waals surface area contributed by atoms with Crippen molar-refractivity contribution in [3.8, 4) is 5.75 Å². The fourth-order valence-electron chi connectivity index (χ4n) is 2.60. The molecule has 0 N–H and O–H groups in total. The van der Waals surface area contributed by atoms with Crippen molar-refractivity contribution < 1.29 is 37.9 Å². The number of hydrogen-bond donors (Lipinski definition) is 0. The van der Waals surface area contributed by atoms with Gasteiger partial charge in [0.1, 0.15) is 5.57 Å². The van der Waals surface area contributed by atoms with Crippen LogP contribution >= 0.6 is 0 Å². The van der Waals surface area contributed by atoms with Crippen LogP contribution in [-0.2, 0) is 35.2 Å². The molecular formula is C17H12FNO7. The molecule has 9 heteroatoms. The monoisotopic (exact) mass is 361 g/mol. The Morgan fingerprint density at radius 3 is 2.38 bits per heavy atom. The van der Waals surface area contributed by atoms with Gasteiger partial charge < -0.3 is 9.57 Å². The number of Topliss-reactive ketones (excluding diaryl/α,β-unsaturated/α-hetero) is 1. The molecular weight excluding hydrogens is 349 g/mol. The lowest BCUT2D eigenvalue weighted by molar-refractivity contribution is -0.194. The van der Waals surface area contributed by atoms with Crippen molar-refractivity contribution in [2.24, 2.45) is 0 Å². The largest absolute Gasteiger partial charge is 0.424 e. The lowest BCUT2D eigenvalue weighted by atomic mass is 9.91. The second-order valence-corrected chi connectivity index (χ2v) is 5.69. The molecule has 1 aromatic rings. The maximum Gasteiger partial charge on any atom is 0.367 e. The number of esters is 1. The van der Waals surface area contributed by atoms with Gasteiger partial charge in [0, 0.05) is 26.2 Å². The first-order valence-corrected chi connectivity index (χ1v) is 7.60. The zero-order valence-electron chi connectivity index (χ0n) is 13.5. The molecule has 0 radical (unpaired) electrons. The van der Waals surface area contributed by atoms with Gasteiger partial charge in [-0.25, -0.2) is 9.18 Å². The normalized spacial score (nSPS) is 16.3. The second-order valence-electron chi connectivity index (χ2n) is 5.69. The summed E-state index contributed by atoms with van der Waals surface area (Å²) in [6.07, 6.45) is 0.694. The fraction of sp³-hybridized carbons (Fsp3) is 0.235. The number of hydroxylamine groups is 2. The van der Waals surface area contributed by atoms with Crippen molar-refractivity contribution in [1.29, 1.82) is 0 Å². The Hall–Kier alpha value is -3.36. The summed E-state index contributed by atoms with van der Waals surface area (Å²) in [7, 11) is 0. The number of rotatable bonds is 3. The number of hydrogen-bond acceptors (Lipinski definition) is 7. The molecule has 26 heavy (non-hydrogen) atoms. The molecule has 8 nitrogen and oxygen atoms in total. The Morgan fingerprint density at radius 1 is 1.12 bits per heavy atom. The molecule has 1 aromatic carbocycles. The summed E-state index contributed by atoms with van der Waals surface area (Å²) < 4.78 is 18.7. The van der Waals surface area contributed by atoms with E-state index in [1.54, 1.807) is 0 Å². The summed E-state index contributed by atoms with van der Waals surface area (Å²) >= 11 is 0. The van der Waals surface area contributed by atoms with Crippen LogP contribution in [0.25, 0.3) is 6.08 Å². The van der Waals surface area contributed by atoms with Crippen LogP contribution in [0, 0.1) is 5.82 Å². The highest BCUT2D eigenvalue weighted by Gasteiger charge is 2.35. The number of halogens is 1. The highest BCUT2D eigenvalue weighted by Crippen LogP contribution is 2.29. The molecule has 134 valence electrons. The van der Waals surface area contributed by atoms with E-state index in [9.17, 15) is 28.4 Å². The number of nitrogens with zero attached hydrogens (tertiary/aromatic N) is 1. The van der Waals surface area contributed by atoms with Crippen LogP contribution < -0.4 is 4.74 Å². The minimum atomic E-state index is -1.17. The van der Waals surface area contributed by atoms with Gasteiger partial charge in [0.2, 0.25) is 0 Å². The fourth-order valence-corrected chi connectivity index (χ4v) is 2.60. The van der Waals surface area contributed by atoms with Crippen LogP contribution in [0.4, 0.5) is 4.39 Å². The molecule has 1 fully saturated rings. The second kappa shape index (κ2) is 6.51. The zero-order valence-corrected chi connectivity index (χ0v) is 13.5. The van der Waals surface area contributed by atoms with E-state index in [4.69, 9.17) is 9.57 Å². The summed E-state index contributed by atoms with van der Waals surface area (Å²) in [4.78, 5) is 63.0. The lowest BCUT2D eigenvalue weighted by Crippen LogP contribution is -2.34. The minimum absolute atomic E-state index is 0.0773. The predicted molar refractivity (Wildman–Crippen MR) is 81.6 cm³/mol. The number of imide groups is 1. The van der Waals surface area contributed by atoms with E-state index in [0.717, 1.165) is 19.1 Å². The Balaban J connectivity index is 1.88. The van der Waals surface area contributed by atoms with Crippen LogP contribution in [0.2, 0.25) is 0 Å². The van der Waals surface area contributed by atoms with E-state index < -0.39 is 40.9 Å². The van der Waals surface area contributed by atoms with Crippen molar-refractivity contribution >= 4 is 35.6 Å². The molecule has 2 aliphatic rings. The van der Waals surface area contributed by atoms with Gasteiger partial charge >= 0.3 is 11.9 Å². The summed E-state index contributed by atoms with van der Waals surface area (Å²) in [5.74, 6) is -5.05. The number of ketones is 1. The van der Waals surface area contributed by atoms with E-state index in [2.05, 4.69) is 0 Å². The third-order valence-electron chi connectivity index (χ3n) is 3.80. The van der Waals surface area contributed by atoms with Gasteiger partial charge in [-0.05, 0) is 29.3 Å². The quantitative estimate of drug-likeness (QED) is 0.340. The number of fused-ring (bicyclic) bond motifs is 1. The van der Waals surface area contributed by atoms with E-state index >= 15 is 0 Å². The first kappa shape index (κ1) is 17.5. The average Bonchev–Trinajstić information content (AvgIpc) is 2.87. The molecule has 0 atom stereocenters. The van der Waals surface area contributed by atoms with Crippen molar-refractivity contribution in [1.82, 2.24) is 5.06 Å². The van der Waals surface area contributed by atoms with Gasteiger partial charge in [-0.2, -0.15) is 0 Å². The number of carbonyl (C=O) groups excluding carboxylic acids is 5. The highest BCUT2D eigenvalue weighted by atomic mass is 19.1. The maximum absolute atomic E-state index is 14.0. The Kier molecular flexibility index (Phi) is 4.37. The SMILES string of the molecule is CC(=O)Oc1cc2c(cc1F)C=C(C(=O)ON1C(=O)CCC1=O)C(=O)C2. The van der Waals surface area contributed by atoms with Crippen molar-refractivity contribution in [3.63, 3.8) is 0 Å². The summed E-state index contributed by atoms with van der Waals surface area (Å²) in [6, 6.07) is 2.22. The Morgan fingerprint density at radius 2 is 1.77 bits per heavy atom. The smallest absolute Gasteiger partial charge is 0.367 e. The zero-order chi connectivity index (χ0) is 19.0. The minimum Gasteiger partial charge on any atom is -0.424 e. The van der Waals surface area contributed by atoms with Crippen molar-refractivity contribution in [2.75, 3.05) is 0 Å². The van der Waals surface area contributed by atoms with E-state index in [0.29, 0.717) is 10.6 Å². The maximum atomic E-state index is 14.0. The molecule has 1 saturated heterocycles. The van der Waals surface area contributed by atoms with Crippen LogP contribution in [0.15, 0.2) is 17.7 Å². The number of ether oxygens (including phenoxy) is 1. The van der Waals surface area contributed by atoms with Gasteiger partial charge in [0.25, 0.3) is 11.8 Å². The van der Waals surface area contributed by atoms with Gasteiger partial charge in [-0.1, -0.05) is 0 Å². The first-order valence-electron chi connectivity index (χ1n) is 7.60. The molecule has 0 saturated carbocycles. The molecule has 2 amide bonds. The molecule has 0 bridgehead atoms. The molecule has 1 aliphatic carbocycles. The van der Waals surface area contributed by atoms with Crippen molar-refractivity contribution in [3.05, 3.63) is 34.6 Å². The van der Waals surface area contributed by atoms with E-state index in [-0.39, 0.29) is 30.6 Å². The molecule has 1 aliphatic heterocycles. The van der Waals surface area contributed by atoms with Gasteiger partial charge in [0.05, 0.1) is 0 Å². The van der Waals surface area contributed by atoms with Gasteiger partial charge in [0.15, 0.2) is 17.3 Å². The van der Waals surface area contributed by atoms with Crippen LogP contribution in [0.1, 0.15) is 30.9 Å². The number of carbonyl (C=O) groups is 5. The van der Waals surface area contributed by atoms with Crippen LogP contribution in [0.3, 0.4) is 0 Å². The molecule has 0 aromatic heterocycles. The van der Waals surface area contributed by atoms with Crippen LogP contribution in [-0.4, -0.2) is 34.6 Å². The molecule has 3 rings (SSSR count). The van der Waals surface area contributed by atoms with Gasteiger partial charge in [-0.15, -0.1) is 5.06 Å². The highest BCUT2D eigenvalue weighted by molar-refractivity contribution is 6.23. The third kappa shape index (κ3) is 3.23. The molecule has 0 unspecified atom stereocenters. The number of amides is 2. The Bertz CT molecular complexity index is 887. The Labute approximate surface area is 146 Å². The summed E-state index contributed by atoms with van der Waals surface area (Å²) in [5, 5.41) is 0.330. The predicted octanol–water partition coefficient (Wildman–Crippen LogP) is 0.867. The van der Waals surface area contributed by atoms with Crippen molar-refractivity contribution in [2.45, 2.75) is 26.2 Å². The van der Waals surface area contributed by atoms with Gasteiger partial charge in [-0.3, -0.25) is 19.2 Å². The summed E-state index contributed by atoms with van der Waals surface area (Å²) in [5.41, 5.74) is 0.172. The molecule has 1 heterocycles. The average molecular weight is 361 g/mol. The third-order valence-corrected chi connectivity index (χ3v) is 3.80. The van der Waals surface area contributed by atoms with E-state index in [1.165, 1.54) is 6.07 Å². The van der Waals surface area contributed by atoms with Crippen LogP contribution in [0.5, 0.6) is 5.75 Å².